The Hall–Kier alpha value is -1.49. The van der Waals surface area contributed by atoms with Gasteiger partial charge in [-0.1, -0.05) is 0 Å². The topological polar surface area (TPSA) is 69.2 Å². The molecule has 0 aliphatic heterocycles. The lowest BCUT2D eigenvalue weighted by Crippen LogP contribution is -2.06. The number of carbonyl (C=O) groups excluding carboxylic acids is 2. The quantitative estimate of drug-likeness (QED) is 0.400. The SMILES string of the molecule is COC(=O)c1cc(C=O)nc(Cl)n1. The van der Waals surface area contributed by atoms with Crippen molar-refractivity contribution in [1.29, 1.82) is 0 Å². The lowest BCUT2D eigenvalue weighted by atomic mass is 10.3. The fraction of sp³-hybridized carbons (Fsp3) is 0.143. The van der Waals surface area contributed by atoms with Crippen molar-refractivity contribution in [2.75, 3.05) is 7.11 Å². The zero-order valence-corrected chi connectivity index (χ0v) is 7.41. The van der Waals surface area contributed by atoms with Crippen LogP contribution in [0.5, 0.6) is 0 Å². The van der Waals surface area contributed by atoms with E-state index in [2.05, 4.69) is 14.7 Å². The molecule has 0 aliphatic rings. The fourth-order valence-corrected chi connectivity index (χ4v) is 0.894. The van der Waals surface area contributed by atoms with E-state index in [0.717, 1.165) is 0 Å². The third kappa shape index (κ3) is 2.22. The monoisotopic (exact) mass is 200 g/mol. The summed E-state index contributed by atoms with van der Waals surface area (Å²) in [5, 5.41) is -0.162. The Kier molecular flexibility index (Phi) is 2.92. The van der Waals surface area contributed by atoms with Gasteiger partial charge in [-0.3, -0.25) is 4.79 Å². The second-order valence-electron chi connectivity index (χ2n) is 2.06. The number of aldehydes is 1. The largest absolute Gasteiger partial charge is 0.464 e. The van der Waals surface area contributed by atoms with Crippen molar-refractivity contribution in [2.24, 2.45) is 0 Å². The molecular formula is C7H5ClN2O3. The number of esters is 1. The van der Waals surface area contributed by atoms with Gasteiger partial charge >= 0.3 is 5.97 Å². The number of hydrogen-bond acceptors (Lipinski definition) is 5. The number of halogens is 1. The number of aromatic nitrogens is 2. The Balaban J connectivity index is 3.15. The molecule has 0 bridgehead atoms. The van der Waals surface area contributed by atoms with Crippen LogP contribution in [0.2, 0.25) is 5.28 Å². The normalized spacial score (nSPS) is 9.38. The summed E-state index contributed by atoms with van der Waals surface area (Å²) in [7, 11) is 1.21. The smallest absolute Gasteiger partial charge is 0.356 e. The lowest BCUT2D eigenvalue weighted by molar-refractivity contribution is 0.0594. The zero-order chi connectivity index (χ0) is 9.84. The van der Waals surface area contributed by atoms with Gasteiger partial charge in [0.15, 0.2) is 12.0 Å². The standard InChI is InChI=1S/C7H5ClN2O3/c1-13-6(12)5-2-4(3-11)9-7(8)10-5/h2-3H,1H3. The molecule has 13 heavy (non-hydrogen) atoms. The van der Waals surface area contributed by atoms with Crippen LogP contribution in [0.25, 0.3) is 0 Å². The minimum Gasteiger partial charge on any atom is -0.464 e. The van der Waals surface area contributed by atoms with Gasteiger partial charge in [0, 0.05) is 6.07 Å². The van der Waals surface area contributed by atoms with Crippen molar-refractivity contribution in [3.05, 3.63) is 22.7 Å². The summed E-state index contributed by atoms with van der Waals surface area (Å²) in [5.41, 5.74) is 0.00463. The van der Waals surface area contributed by atoms with Crippen LogP contribution in [0, 0.1) is 0 Å². The highest BCUT2D eigenvalue weighted by atomic mass is 35.5. The summed E-state index contributed by atoms with van der Waals surface area (Å²) in [5.74, 6) is -0.660. The van der Waals surface area contributed by atoms with E-state index in [4.69, 9.17) is 11.6 Å². The fourth-order valence-electron chi connectivity index (χ4n) is 0.705. The molecule has 0 radical (unpaired) electrons. The summed E-state index contributed by atoms with van der Waals surface area (Å²) >= 11 is 5.44. The summed E-state index contributed by atoms with van der Waals surface area (Å²) < 4.78 is 4.39. The Bertz CT molecular complexity index is 354. The number of hydrogen-bond donors (Lipinski definition) is 0. The lowest BCUT2D eigenvalue weighted by Gasteiger charge is -1.98. The van der Waals surface area contributed by atoms with Gasteiger partial charge in [-0.05, 0) is 11.6 Å². The van der Waals surface area contributed by atoms with Gasteiger partial charge in [-0.25, -0.2) is 14.8 Å². The van der Waals surface area contributed by atoms with Crippen LogP contribution in [-0.2, 0) is 4.74 Å². The van der Waals surface area contributed by atoms with E-state index in [1.165, 1.54) is 13.2 Å². The molecule has 0 unspecified atom stereocenters. The van der Waals surface area contributed by atoms with Crippen molar-refractivity contribution < 1.29 is 14.3 Å². The first-order valence-electron chi connectivity index (χ1n) is 3.25. The molecule has 6 heteroatoms. The average molecular weight is 201 g/mol. The molecule has 0 saturated heterocycles. The van der Waals surface area contributed by atoms with E-state index < -0.39 is 5.97 Å². The molecule has 1 rings (SSSR count). The minimum atomic E-state index is -0.660. The summed E-state index contributed by atoms with van der Waals surface area (Å²) in [4.78, 5) is 28.4. The molecule has 0 atom stereocenters. The van der Waals surface area contributed by atoms with Gasteiger partial charge in [0.05, 0.1) is 7.11 Å². The highest BCUT2D eigenvalue weighted by molar-refractivity contribution is 6.28. The molecule has 0 saturated carbocycles. The summed E-state index contributed by atoms with van der Waals surface area (Å²) in [6.45, 7) is 0. The van der Waals surface area contributed by atoms with E-state index in [1.807, 2.05) is 0 Å². The first-order chi connectivity index (χ1) is 6.17. The number of methoxy groups -OCH3 is 1. The number of ether oxygens (including phenoxy) is 1. The van der Waals surface area contributed by atoms with E-state index in [-0.39, 0.29) is 16.7 Å². The van der Waals surface area contributed by atoms with Gasteiger partial charge < -0.3 is 4.74 Å². The van der Waals surface area contributed by atoms with Crippen LogP contribution in [0.4, 0.5) is 0 Å². The van der Waals surface area contributed by atoms with Crippen LogP contribution in [0.3, 0.4) is 0 Å². The van der Waals surface area contributed by atoms with E-state index in [9.17, 15) is 9.59 Å². The minimum absolute atomic E-state index is 0.0374. The zero-order valence-electron chi connectivity index (χ0n) is 6.65. The Morgan fingerprint density at radius 2 is 2.31 bits per heavy atom. The maximum absolute atomic E-state index is 10.9. The predicted molar refractivity (Wildman–Crippen MR) is 43.8 cm³/mol. The van der Waals surface area contributed by atoms with Crippen molar-refractivity contribution in [3.63, 3.8) is 0 Å². The highest BCUT2D eigenvalue weighted by Crippen LogP contribution is 2.05. The van der Waals surface area contributed by atoms with Crippen LogP contribution < -0.4 is 0 Å². The molecular weight excluding hydrogens is 196 g/mol. The Labute approximate surface area is 78.7 Å². The van der Waals surface area contributed by atoms with Crippen LogP contribution in [-0.4, -0.2) is 29.3 Å². The number of nitrogens with zero attached hydrogens (tertiary/aromatic N) is 2. The first kappa shape index (κ1) is 9.60. The van der Waals surface area contributed by atoms with Crippen molar-refractivity contribution >= 4 is 23.9 Å². The number of carbonyl (C=O) groups is 2. The van der Waals surface area contributed by atoms with Gasteiger partial charge in [0.2, 0.25) is 5.28 Å². The van der Waals surface area contributed by atoms with E-state index >= 15 is 0 Å². The first-order valence-corrected chi connectivity index (χ1v) is 3.63. The Morgan fingerprint density at radius 1 is 1.62 bits per heavy atom. The Morgan fingerprint density at radius 3 is 2.85 bits per heavy atom. The molecule has 0 aromatic carbocycles. The summed E-state index contributed by atoms with van der Waals surface area (Å²) in [6.07, 6.45) is 0.472. The molecule has 1 aromatic heterocycles. The molecule has 0 N–H and O–H groups in total. The van der Waals surface area contributed by atoms with Crippen LogP contribution in [0.15, 0.2) is 6.07 Å². The second-order valence-corrected chi connectivity index (χ2v) is 2.39. The van der Waals surface area contributed by atoms with E-state index in [0.29, 0.717) is 6.29 Å². The third-order valence-corrected chi connectivity index (χ3v) is 1.40. The van der Waals surface area contributed by atoms with Crippen LogP contribution >= 0.6 is 11.6 Å². The van der Waals surface area contributed by atoms with Crippen LogP contribution in [0.1, 0.15) is 21.0 Å². The van der Waals surface area contributed by atoms with Gasteiger partial charge in [0.1, 0.15) is 5.69 Å². The molecule has 5 nitrogen and oxygen atoms in total. The summed E-state index contributed by atoms with van der Waals surface area (Å²) in [6, 6.07) is 1.20. The molecule has 1 heterocycles. The molecule has 68 valence electrons. The van der Waals surface area contributed by atoms with Crippen molar-refractivity contribution in [2.45, 2.75) is 0 Å². The molecule has 0 aliphatic carbocycles. The van der Waals surface area contributed by atoms with Crippen molar-refractivity contribution in [1.82, 2.24) is 9.97 Å². The predicted octanol–water partition coefficient (Wildman–Crippen LogP) is 0.729. The highest BCUT2D eigenvalue weighted by Gasteiger charge is 2.10. The average Bonchev–Trinajstić information content (AvgIpc) is 2.15. The van der Waals surface area contributed by atoms with E-state index in [1.54, 1.807) is 0 Å². The molecule has 0 spiro atoms. The molecule has 0 amide bonds. The van der Waals surface area contributed by atoms with Gasteiger partial charge in [0.25, 0.3) is 0 Å². The second kappa shape index (κ2) is 3.95. The third-order valence-electron chi connectivity index (χ3n) is 1.23. The number of rotatable bonds is 2. The molecule has 0 fully saturated rings. The maximum Gasteiger partial charge on any atom is 0.356 e. The maximum atomic E-state index is 10.9. The molecule has 1 aromatic rings. The van der Waals surface area contributed by atoms with Gasteiger partial charge in [-0.15, -0.1) is 0 Å². The van der Waals surface area contributed by atoms with Gasteiger partial charge in [-0.2, -0.15) is 0 Å². The van der Waals surface area contributed by atoms with Crippen molar-refractivity contribution in [3.8, 4) is 0 Å².